The van der Waals surface area contributed by atoms with Gasteiger partial charge in [0, 0.05) is 0 Å². The van der Waals surface area contributed by atoms with Gasteiger partial charge in [0.1, 0.15) is 6.42 Å². The van der Waals surface area contributed by atoms with Crippen LogP contribution in [0.5, 0.6) is 0 Å². The van der Waals surface area contributed by atoms with Crippen molar-refractivity contribution >= 4 is 73.8 Å². The monoisotopic (exact) mass is 676 g/mol. The van der Waals surface area contributed by atoms with Gasteiger partial charge in [0.05, 0.1) is 5.75 Å². The van der Waals surface area contributed by atoms with Crippen LogP contribution in [0, 0.1) is 0 Å². The molecule has 0 aromatic carbocycles. The fourth-order valence-electron chi connectivity index (χ4n) is 2.94. The Morgan fingerprint density at radius 1 is 0.700 bits per heavy atom. The molecule has 0 aromatic rings. The van der Waals surface area contributed by atoms with Gasteiger partial charge in [0.25, 0.3) is 0 Å². The van der Waals surface area contributed by atoms with E-state index in [2.05, 4.69) is 52.2 Å². The zero-order valence-corrected chi connectivity index (χ0v) is 28.3. The molecule has 0 aliphatic heterocycles. The van der Waals surface area contributed by atoms with Gasteiger partial charge in [-0.3, -0.25) is 0 Å². The molecule has 2 nitrogen and oxygen atoms in total. The van der Waals surface area contributed by atoms with Gasteiger partial charge < -0.3 is 21.5 Å². The molecule has 4 radical (unpaired) electrons. The molecule has 0 aliphatic rings. The Hall–Kier alpha value is 1.64. The Morgan fingerprint density at radius 2 is 1.03 bits per heavy atom. The average Bonchev–Trinajstić information content (AvgIpc) is 2.74. The fraction of sp³-hybridized carbons (Fsp3) is 0.958. The molecular weight excluding hydrogens is 622 g/mol. The molecule has 0 fully saturated rings. The van der Waals surface area contributed by atoms with Crippen molar-refractivity contribution in [3.8, 4) is 0 Å². The van der Waals surface area contributed by atoms with E-state index in [1.54, 1.807) is 0 Å². The summed E-state index contributed by atoms with van der Waals surface area (Å²) < 4.78 is 10.2. The molecule has 0 bridgehead atoms. The maximum atomic E-state index is 5.37. The molecule has 30 heavy (non-hydrogen) atoms. The molecule has 0 aliphatic carbocycles. The van der Waals surface area contributed by atoms with Gasteiger partial charge in [-0.05, 0) is 6.42 Å². The third-order valence-corrected chi connectivity index (χ3v) is 4.80. The van der Waals surface area contributed by atoms with Crippen LogP contribution < -0.4 is 0 Å². The van der Waals surface area contributed by atoms with E-state index < -0.39 is 0 Å². The van der Waals surface area contributed by atoms with E-state index in [0.29, 0.717) is 18.3 Å². The van der Waals surface area contributed by atoms with Crippen LogP contribution in [-0.2, 0) is 21.5 Å². The Bertz CT molecular complexity index is 305. The Labute approximate surface area is 222 Å². The van der Waals surface area contributed by atoms with E-state index in [1.165, 1.54) is 89.9 Å². The first kappa shape index (κ1) is 36.2. The molecule has 0 saturated heterocycles. The molecule has 0 heterocycles. The summed E-state index contributed by atoms with van der Waals surface area (Å²) >= 11 is 9.17. The van der Waals surface area contributed by atoms with Crippen LogP contribution >= 0.6 is 12.6 Å². The second kappa shape index (κ2) is 37.9. The Balaban J connectivity index is -0.00000107. The zero-order valence-electron chi connectivity index (χ0n) is 20.9. The molecule has 0 amide bonds. The number of hydrogen-bond donors (Lipinski definition) is 1. The van der Waals surface area contributed by atoms with Crippen molar-refractivity contribution in [3.63, 3.8) is 0 Å². The number of rotatable bonds is 18. The molecule has 0 unspecified atom stereocenters. The van der Waals surface area contributed by atoms with E-state index >= 15 is 0 Å². The topological polar surface area (TPSA) is 20.5 Å². The molecule has 0 atom stereocenters. The van der Waals surface area contributed by atoms with Crippen LogP contribution in [0.3, 0.4) is 0 Å². The molecule has 6 heteroatoms. The number of carbonyl (C=O) groups excluding carboxylic acids is 1. The molecule has 0 saturated carbocycles. The van der Waals surface area contributed by atoms with Crippen LogP contribution in [0.2, 0.25) is 19.8 Å². The number of ether oxygens (including phenoxy) is 1. The quantitative estimate of drug-likeness (QED) is 0.0395. The van der Waals surface area contributed by atoms with Gasteiger partial charge in [-0.15, -0.1) is 0 Å². The molecular formula is C24H52O2S2Sn2. The summed E-state index contributed by atoms with van der Waals surface area (Å²) in [6, 6.07) is 0. The first-order chi connectivity index (χ1) is 14.7. The SMILES string of the molecule is CCCCCCCCCCCCCCCCCC(OCCS)=[O+][S-].[CH3][Sn][CH3].[CH3][Sn][CH3]. The van der Waals surface area contributed by atoms with E-state index in [9.17, 15) is 0 Å². The summed E-state index contributed by atoms with van der Waals surface area (Å²) in [5.74, 6) is 1.29. The van der Waals surface area contributed by atoms with Crippen molar-refractivity contribution in [2.75, 3.05) is 12.4 Å². The van der Waals surface area contributed by atoms with Crippen molar-refractivity contribution in [2.24, 2.45) is 0 Å². The van der Waals surface area contributed by atoms with E-state index in [-0.39, 0.29) is 42.3 Å². The number of esters is 1. The standard InChI is InChI=1S/C20H40O2S2.4CH3.2Sn/c1-2-3-4-5-6-7-8-9-10-11-12-13-14-15-16-17-20(22-24)21-18-19-23;;;;;;/h23H,2-19H2,1H3;4*1H3;;. The summed E-state index contributed by atoms with van der Waals surface area (Å²) in [7, 11) is 0. The van der Waals surface area contributed by atoms with Crippen molar-refractivity contribution < 1.29 is 8.61 Å². The van der Waals surface area contributed by atoms with Gasteiger partial charge >= 0.3 is 68.0 Å². The van der Waals surface area contributed by atoms with Crippen LogP contribution in [0.1, 0.15) is 110 Å². The summed E-state index contributed by atoms with van der Waals surface area (Å²) in [5, 5.41) is 0. The zero-order chi connectivity index (χ0) is 23.1. The van der Waals surface area contributed by atoms with Crippen molar-refractivity contribution in [1.29, 1.82) is 0 Å². The molecule has 0 N–H and O–H groups in total. The average molecular weight is 674 g/mol. The van der Waals surface area contributed by atoms with Crippen LogP contribution in [0.4, 0.5) is 0 Å². The first-order valence-electron chi connectivity index (χ1n) is 12.2. The van der Waals surface area contributed by atoms with Gasteiger partial charge in [0.15, 0.2) is 6.61 Å². The summed E-state index contributed by atoms with van der Waals surface area (Å²) in [4.78, 5) is 9.18. The minimum absolute atomic E-state index is 0.230. The fourth-order valence-corrected chi connectivity index (χ4v) is 3.16. The third-order valence-electron chi connectivity index (χ3n) is 4.43. The molecule has 0 rings (SSSR count). The number of unbranched alkanes of at least 4 members (excludes halogenated alkanes) is 14. The van der Waals surface area contributed by atoms with Crippen molar-refractivity contribution in [2.45, 2.75) is 129 Å². The van der Waals surface area contributed by atoms with Crippen molar-refractivity contribution in [1.82, 2.24) is 0 Å². The molecule has 0 aromatic heterocycles. The summed E-state index contributed by atoms with van der Waals surface area (Å²) in [6.45, 7) is 2.86. The summed E-state index contributed by atoms with van der Waals surface area (Å²) in [5.41, 5.74) is 0. The predicted molar refractivity (Wildman–Crippen MR) is 147 cm³/mol. The summed E-state index contributed by atoms with van der Waals surface area (Å²) in [6.07, 6.45) is 21.5. The minimum atomic E-state index is 0.230. The van der Waals surface area contributed by atoms with E-state index in [0.717, 1.165) is 12.8 Å². The Morgan fingerprint density at radius 3 is 1.33 bits per heavy atom. The normalized spacial score (nSPS) is 10.7. The second-order valence-corrected chi connectivity index (χ2v) is 14.0. The number of thiol groups is 1. The first-order valence-corrected chi connectivity index (χ1v) is 24.6. The van der Waals surface area contributed by atoms with Crippen LogP contribution in [-0.4, -0.2) is 60.6 Å². The van der Waals surface area contributed by atoms with Gasteiger partial charge in [-0.1, -0.05) is 96.8 Å². The second-order valence-electron chi connectivity index (χ2n) is 7.73. The predicted octanol–water partition coefficient (Wildman–Crippen LogP) is 8.29. The molecule has 0 spiro atoms. The Kier molecular flexibility index (Phi) is 45.8. The third kappa shape index (κ3) is 40.0. The van der Waals surface area contributed by atoms with Crippen LogP contribution in [0.15, 0.2) is 0 Å². The number of hydrogen-bond acceptors (Lipinski definition) is 3. The van der Waals surface area contributed by atoms with Gasteiger partial charge in [-0.25, -0.2) is 0 Å². The van der Waals surface area contributed by atoms with Crippen LogP contribution in [0.25, 0.3) is 0 Å². The van der Waals surface area contributed by atoms with Gasteiger partial charge in [0.2, 0.25) is 0 Å². The maximum absolute atomic E-state index is 5.37. The van der Waals surface area contributed by atoms with E-state index in [4.69, 9.17) is 8.61 Å². The van der Waals surface area contributed by atoms with Gasteiger partial charge in [-0.2, -0.15) is 12.6 Å². The van der Waals surface area contributed by atoms with E-state index in [1.807, 2.05) is 0 Å². The molecule has 180 valence electrons. The van der Waals surface area contributed by atoms with Crippen molar-refractivity contribution in [3.05, 3.63) is 0 Å².